The van der Waals surface area contributed by atoms with Crippen LogP contribution >= 0.6 is 22.9 Å². The molecule has 21 heavy (non-hydrogen) atoms. The number of ether oxygens (including phenoxy) is 1. The normalized spacial score (nSPS) is 17.4. The molecule has 0 amide bonds. The van der Waals surface area contributed by atoms with E-state index < -0.39 is 10.0 Å². The minimum atomic E-state index is -3.68. The maximum Gasteiger partial charge on any atom is 0.259 e. The molecule has 3 rings (SSSR count). The zero-order valence-electron chi connectivity index (χ0n) is 11.5. The lowest BCUT2D eigenvalue weighted by molar-refractivity contribution is 0.173. The minimum Gasteiger partial charge on any atom is -0.385 e. The highest BCUT2D eigenvalue weighted by Crippen LogP contribution is 2.48. The van der Waals surface area contributed by atoms with Crippen molar-refractivity contribution >= 4 is 37.9 Å². The number of rotatable bonds is 7. The molecule has 1 saturated carbocycles. The highest BCUT2D eigenvalue weighted by atomic mass is 35.5. The van der Waals surface area contributed by atoms with Gasteiger partial charge in [0.2, 0.25) is 0 Å². The number of sulfonamides is 1. The van der Waals surface area contributed by atoms with E-state index in [1.54, 1.807) is 18.7 Å². The van der Waals surface area contributed by atoms with E-state index in [1.807, 2.05) is 0 Å². The molecule has 0 spiro atoms. The maximum atomic E-state index is 12.5. The van der Waals surface area contributed by atoms with Crippen molar-refractivity contribution in [1.29, 1.82) is 0 Å². The van der Waals surface area contributed by atoms with Gasteiger partial charge in [0.25, 0.3) is 10.0 Å². The molecule has 1 N–H and O–H groups in total. The third-order valence-electron chi connectivity index (χ3n) is 3.86. The summed E-state index contributed by atoms with van der Waals surface area (Å²) in [7, 11) is -2.03. The number of hydrogen-bond acceptors (Lipinski definition) is 5. The van der Waals surface area contributed by atoms with Crippen LogP contribution in [0.25, 0.3) is 4.96 Å². The number of methoxy groups -OCH3 is 1. The van der Waals surface area contributed by atoms with Gasteiger partial charge >= 0.3 is 0 Å². The Kier molecular flexibility index (Phi) is 4.00. The molecule has 2 heterocycles. The average molecular weight is 350 g/mol. The van der Waals surface area contributed by atoms with Crippen molar-refractivity contribution in [2.24, 2.45) is 5.41 Å². The first kappa shape index (κ1) is 15.2. The predicted molar refractivity (Wildman–Crippen MR) is 81.4 cm³/mol. The van der Waals surface area contributed by atoms with E-state index in [9.17, 15) is 8.42 Å². The molecule has 1 fully saturated rings. The lowest BCUT2D eigenvalue weighted by Crippen LogP contribution is -2.31. The summed E-state index contributed by atoms with van der Waals surface area (Å²) in [6.45, 7) is 1.05. The largest absolute Gasteiger partial charge is 0.385 e. The van der Waals surface area contributed by atoms with Crippen molar-refractivity contribution in [2.75, 3.05) is 20.3 Å². The third-order valence-corrected chi connectivity index (χ3v) is 6.42. The maximum absolute atomic E-state index is 12.5. The van der Waals surface area contributed by atoms with Crippen molar-refractivity contribution in [2.45, 2.75) is 24.3 Å². The van der Waals surface area contributed by atoms with E-state index in [1.165, 1.54) is 15.7 Å². The fraction of sp³-hybridized carbons (Fsp3) is 0.583. The number of hydrogen-bond donors (Lipinski definition) is 1. The molecule has 0 radical (unpaired) electrons. The molecule has 2 aromatic heterocycles. The zero-order valence-corrected chi connectivity index (χ0v) is 13.9. The molecular formula is C12H16ClN3O3S2. The van der Waals surface area contributed by atoms with E-state index in [-0.39, 0.29) is 15.6 Å². The molecule has 1 aliphatic carbocycles. The minimum absolute atomic E-state index is 0.0103. The Balaban J connectivity index is 1.78. The average Bonchev–Trinajstić information content (AvgIpc) is 2.95. The Labute approximate surface area is 132 Å². The summed E-state index contributed by atoms with van der Waals surface area (Å²) in [4.78, 5) is 4.63. The molecule has 1 aliphatic rings. The smallest absolute Gasteiger partial charge is 0.259 e. The first-order valence-electron chi connectivity index (χ1n) is 6.57. The molecule has 0 atom stereocenters. The summed E-state index contributed by atoms with van der Waals surface area (Å²) >= 11 is 7.32. The van der Waals surface area contributed by atoms with Gasteiger partial charge in [0, 0.05) is 31.8 Å². The molecule has 0 aliphatic heterocycles. The second kappa shape index (κ2) is 5.51. The highest BCUT2D eigenvalue weighted by Gasteiger charge is 2.43. The van der Waals surface area contributed by atoms with Crippen LogP contribution in [0.15, 0.2) is 16.6 Å². The topological polar surface area (TPSA) is 72.7 Å². The lowest BCUT2D eigenvalue weighted by Gasteiger charge is -2.15. The summed E-state index contributed by atoms with van der Waals surface area (Å²) in [6, 6.07) is 0. The molecule has 6 nitrogen and oxygen atoms in total. The monoisotopic (exact) mass is 349 g/mol. The molecule has 0 saturated heterocycles. The van der Waals surface area contributed by atoms with Gasteiger partial charge in [-0.25, -0.2) is 18.1 Å². The van der Waals surface area contributed by atoms with Gasteiger partial charge in [0.1, 0.15) is 0 Å². The number of nitrogens with one attached hydrogen (secondary N) is 1. The van der Waals surface area contributed by atoms with Crippen molar-refractivity contribution < 1.29 is 13.2 Å². The Morgan fingerprint density at radius 1 is 1.57 bits per heavy atom. The molecular weight excluding hydrogens is 334 g/mol. The SMILES string of the molecule is COCCC1(CNS(=O)(=O)c2c(Cl)nc3sccn23)CC1. The number of halogens is 1. The van der Waals surface area contributed by atoms with Crippen molar-refractivity contribution in [3.05, 3.63) is 16.7 Å². The Hall–Kier alpha value is -0.670. The Morgan fingerprint density at radius 3 is 3.00 bits per heavy atom. The molecule has 116 valence electrons. The quantitative estimate of drug-likeness (QED) is 0.831. The first-order chi connectivity index (χ1) is 9.97. The van der Waals surface area contributed by atoms with Crippen LogP contribution < -0.4 is 4.72 Å². The highest BCUT2D eigenvalue weighted by molar-refractivity contribution is 7.89. The van der Waals surface area contributed by atoms with Crippen molar-refractivity contribution in [1.82, 2.24) is 14.1 Å². The Morgan fingerprint density at radius 2 is 2.33 bits per heavy atom. The predicted octanol–water partition coefficient (Wildman–Crippen LogP) is 2.14. The Bertz CT molecular complexity index is 749. The number of imidazole rings is 1. The van der Waals surface area contributed by atoms with Gasteiger partial charge < -0.3 is 4.74 Å². The van der Waals surface area contributed by atoms with Crippen LogP contribution in [-0.4, -0.2) is 38.1 Å². The van der Waals surface area contributed by atoms with Gasteiger partial charge in [0.05, 0.1) is 0 Å². The lowest BCUT2D eigenvalue weighted by atomic mass is 10.0. The van der Waals surface area contributed by atoms with Gasteiger partial charge in [0.15, 0.2) is 15.1 Å². The number of nitrogens with zero attached hydrogens (tertiary/aromatic N) is 2. The summed E-state index contributed by atoms with van der Waals surface area (Å²) in [5.41, 5.74) is 0.0357. The van der Waals surface area contributed by atoms with E-state index >= 15 is 0 Å². The van der Waals surface area contributed by atoms with Crippen LogP contribution in [0.1, 0.15) is 19.3 Å². The second-order valence-electron chi connectivity index (χ2n) is 5.33. The number of fused-ring (bicyclic) bond motifs is 1. The molecule has 0 bridgehead atoms. The fourth-order valence-corrected chi connectivity index (χ4v) is 4.91. The van der Waals surface area contributed by atoms with E-state index in [0.717, 1.165) is 19.3 Å². The molecule has 9 heteroatoms. The summed E-state index contributed by atoms with van der Waals surface area (Å²) in [6.07, 6.45) is 4.56. The van der Waals surface area contributed by atoms with Crippen LogP contribution in [0.2, 0.25) is 5.15 Å². The fourth-order valence-electron chi connectivity index (χ4n) is 2.31. The van der Waals surface area contributed by atoms with Gasteiger partial charge in [-0.2, -0.15) is 0 Å². The van der Waals surface area contributed by atoms with Gasteiger partial charge in [-0.1, -0.05) is 11.6 Å². The van der Waals surface area contributed by atoms with Crippen LogP contribution in [0.5, 0.6) is 0 Å². The van der Waals surface area contributed by atoms with Crippen molar-refractivity contribution in [3.63, 3.8) is 0 Å². The molecule has 0 unspecified atom stereocenters. The second-order valence-corrected chi connectivity index (χ2v) is 8.24. The standard InChI is InChI=1S/C12H16ClN3O3S2/c1-19-6-4-12(2-3-12)8-14-21(17,18)10-9(13)15-11-16(10)5-7-20-11/h5,7,14H,2-4,6,8H2,1H3. The third kappa shape index (κ3) is 2.95. The van der Waals surface area contributed by atoms with Gasteiger partial charge in [-0.05, 0) is 24.7 Å². The number of aromatic nitrogens is 2. The summed E-state index contributed by atoms with van der Waals surface area (Å²) in [5.74, 6) is 0. The van der Waals surface area contributed by atoms with Crippen LogP contribution in [0.3, 0.4) is 0 Å². The van der Waals surface area contributed by atoms with Gasteiger partial charge in [-0.3, -0.25) is 4.40 Å². The summed E-state index contributed by atoms with van der Waals surface area (Å²) < 4.78 is 34.2. The first-order valence-corrected chi connectivity index (χ1v) is 9.31. The van der Waals surface area contributed by atoms with Crippen LogP contribution in [0.4, 0.5) is 0 Å². The zero-order chi connectivity index (χ0) is 15.1. The van der Waals surface area contributed by atoms with E-state index in [0.29, 0.717) is 18.1 Å². The number of thiazole rings is 1. The molecule has 2 aromatic rings. The van der Waals surface area contributed by atoms with E-state index in [2.05, 4.69) is 9.71 Å². The molecule has 0 aromatic carbocycles. The van der Waals surface area contributed by atoms with Crippen molar-refractivity contribution in [3.8, 4) is 0 Å². The van der Waals surface area contributed by atoms with E-state index in [4.69, 9.17) is 16.3 Å². The van der Waals surface area contributed by atoms with Crippen LogP contribution in [0, 0.1) is 5.41 Å². The van der Waals surface area contributed by atoms with Crippen LogP contribution in [-0.2, 0) is 14.8 Å². The van der Waals surface area contributed by atoms with Gasteiger partial charge in [-0.15, -0.1) is 11.3 Å². The summed E-state index contributed by atoms with van der Waals surface area (Å²) in [5, 5.41) is 1.80.